The van der Waals surface area contributed by atoms with Crippen molar-refractivity contribution in [1.82, 2.24) is 0 Å². The molecule has 31 heavy (non-hydrogen) atoms. The Morgan fingerprint density at radius 3 is 1.71 bits per heavy atom. The zero-order chi connectivity index (χ0) is 23.9. The van der Waals surface area contributed by atoms with E-state index < -0.39 is 25.9 Å². The molecule has 0 aromatic heterocycles. The molecule has 0 amide bonds. The number of ketones is 1. The lowest BCUT2D eigenvalue weighted by Gasteiger charge is -2.18. The largest absolute Gasteiger partial charge is 0.469 e. The van der Waals surface area contributed by atoms with Gasteiger partial charge in [0.1, 0.15) is 25.1 Å². The van der Waals surface area contributed by atoms with Crippen LogP contribution >= 0.6 is 7.82 Å². The average Bonchev–Trinajstić information content (AvgIpc) is 2.67. The van der Waals surface area contributed by atoms with Crippen LogP contribution in [0.4, 0.5) is 0 Å². The van der Waals surface area contributed by atoms with Gasteiger partial charge in [0.2, 0.25) is 0 Å². The van der Waals surface area contributed by atoms with Crippen molar-refractivity contribution < 1.29 is 47.5 Å². The van der Waals surface area contributed by atoms with E-state index in [1.807, 2.05) is 0 Å². The summed E-state index contributed by atoms with van der Waals surface area (Å²) in [7, 11) is -4.46. The molecule has 0 heterocycles. The summed E-state index contributed by atoms with van der Waals surface area (Å²) in [5.74, 6) is -1.10. The first-order valence-corrected chi connectivity index (χ1v) is 11.4. The number of phosphoric acid groups is 1. The number of ether oxygens (including phenoxy) is 3. The van der Waals surface area contributed by atoms with E-state index in [1.54, 1.807) is 0 Å². The summed E-state index contributed by atoms with van der Waals surface area (Å²) in [5, 5.41) is 0. The topological polar surface area (TPSA) is 146 Å². The highest BCUT2D eigenvalue weighted by molar-refractivity contribution is 7.46. The molecule has 178 valence electrons. The Morgan fingerprint density at radius 1 is 0.839 bits per heavy atom. The van der Waals surface area contributed by atoms with Gasteiger partial charge in [-0.3, -0.25) is 9.32 Å². The van der Waals surface area contributed by atoms with E-state index in [1.165, 1.54) is 13.8 Å². The number of carbonyl (C=O) groups is 3. The first-order chi connectivity index (χ1) is 14.4. The van der Waals surface area contributed by atoms with Crippen LogP contribution in [0.15, 0.2) is 24.3 Å². The fourth-order valence-electron chi connectivity index (χ4n) is 2.13. The number of hydrogen-bond acceptors (Lipinski definition) is 8. The molecular formula is C20H33O10P. The van der Waals surface area contributed by atoms with E-state index >= 15 is 0 Å². The van der Waals surface area contributed by atoms with Crippen LogP contribution < -0.4 is 0 Å². The van der Waals surface area contributed by atoms with Crippen molar-refractivity contribution in [3.63, 3.8) is 0 Å². The molecule has 0 fully saturated rings. The number of carbonyl (C=O) groups excluding carboxylic acids is 3. The first kappa shape index (κ1) is 29.2. The zero-order valence-electron chi connectivity index (χ0n) is 18.2. The SMILES string of the molecule is C=C(C)C(=O)OCC(COC(=O)C(=C)C)OCCCCC(=O)CCCCOP(=O)(O)O. The molecule has 0 aromatic rings. The molecule has 0 aliphatic heterocycles. The van der Waals surface area contributed by atoms with E-state index in [2.05, 4.69) is 17.7 Å². The number of hydrogen-bond donors (Lipinski definition) is 2. The van der Waals surface area contributed by atoms with Crippen molar-refractivity contribution in [2.24, 2.45) is 0 Å². The van der Waals surface area contributed by atoms with Crippen molar-refractivity contribution in [3.05, 3.63) is 24.3 Å². The Kier molecular flexibility index (Phi) is 14.9. The third kappa shape index (κ3) is 17.5. The minimum atomic E-state index is -4.46. The maximum Gasteiger partial charge on any atom is 0.469 e. The Hall–Kier alpha value is -1.84. The van der Waals surface area contributed by atoms with Crippen LogP contribution in [0.1, 0.15) is 52.4 Å². The Balaban J connectivity index is 4.12. The lowest BCUT2D eigenvalue weighted by Crippen LogP contribution is -2.29. The Bertz CT molecular complexity index is 637. The number of unbranched alkanes of at least 4 members (excludes halogenated alkanes) is 2. The summed E-state index contributed by atoms with van der Waals surface area (Å²) in [6.07, 6.45) is 2.03. The van der Waals surface area contributed by atoms with Crippen molar-refractivity contribution in [3.8, 4) is 0 Å². The van der Waals surface area contributed by atoms with E-state index in [0.717, 1.165) is 0 Å². The van der Waals surface area contributed by atoms with Gasteiger partial charge in [0.15, 0.2) is 0 Å². The van der Waals surface area contributed by atoms with Gasteiger partial charge in [-0.2, -0.15) is 0 Å². The van der Waals surface area contributed by atoms with Crippen LogP contribution in [0, 0.1) is 0 Å². The predicted octanol–water partition coefficient (Wildman–Crippen LogP) is 2.63. The molecule has 2 N–H and O–H groups in total. The number of rotatable bonds is 18. The van der Waals surface area contributed by atoms with Gasteiger partial charge >= 0.3 is 19.8 Å². The normalized spacial score (nSPS) is 11.3. The van der Waals surface area contributed by atoms with Gasteiger partial charge in [-0.25, -0.2) is 14.2 Å². The molecule has 0 radical (unpaired) electrons. The van der Waals surface area contributed by atoms with E-state index in [4.69, 9.17) is 24.0 Å². The van der Waals surface area contributed by atoms with Crippen LogP contribution in [-0.4, -0.2) is 60.0 Å². The van der Waals surface area contributed by atoms with E-state index in [9.17, 15) is 18.9 Å². The molecule has 0 aliphatic rings. The highest BCUT2D eigenvalue weighted by atomic mass is 31.2. The minimum Gasteiger partial charge on any atom is -0.459 e. The van der Waals surface area contributed by atoms with E-state index in [-0.39, 0.29) is 43.4 Å². The molecule has 0 aromatic carbocycles. The van der Waals surface area contributed by atoms with Crippen molar-refractivity contribution in [1.29, 1.82) is 0 Å². The zero-order valence-corrected chi connectivity index (χ0v) is 19.1. The number of phosphoric ester groups is 1. The maximum absolute atomic E-state index is 11.8. The van der Waals surface area contributed by atoms with Crippen LogP contribution in [0.25, 0.3) is 0 Å². The summed E-state index contributed by atoms with van der Waals surface area (Å²) < 4.78 is 30.5. The summed E-state index contributed by atoms with van der Waals surface area (Å²) >= 11 is 0. The predicted molar refractivity (Wildman–Crippen MR) is 112 cm³/mol. The molecule has 10 nitrogen and oxygen atoms in total. The standard InChI is InChI=1S/C20H33O10P/c1-15(2)19(22)28-13-18(14-29-20(23)16(3)4)27-11-7-5-9-17(21)10-6-8-12-30-31(24,25)26/h18H,1,3,5-14H2,2,4H3,(H2,24,25,26). The third-order valence-electron chi connectivity index (χ3n) is 3.81. The maximum atomic E-state index is 11.8. The molecule has 0 unspecified atom stereocenters. The highest BCUT2D eigenvalue weighted by Crippen LogP contribution is 2.35. The monoisotopic (exact) mass is 464 g/mol. The van der Waals surface area contributed by atoms with Crippen LogP contribution in [-0.2, 0) is 37.7 Å². The summed E-state index contributed by atoms with van der Waals surface area (Å²) in [6, 6.07) is 0. The fraction of sp³-hybridized carbons (Fsp3) is 0.650. The fourth-order valence-corrected chi connectivity index (χ4v) is 2.50. The smallest absolute Gasteiger partial charge is 0.459 e. The molecule has 11 heteroatoms. The molecule has 0 saturated heterocycles. The second-order valence-corrected chi connectivity index (χ2v) is 8.27. The molecule has 0 saturated carbocycles. The van der Waals surface area contributed by atoms with Gasteiger partial charge in [-0.15, -0.1) is 0 Å². The molecular weight excluding hydrogens is 431 g/mol. The quantitative estimate of drug-likeness (QED) is 0.134. The van der Waals surface area contributed by atoms with Gasteiger partial charge < -0.3 is 24.0 Å². The minimum absolute atomic E-state index is 0.0403. The number of esters is 2. The number of Topliss-reactive ketones (excluding diaryl/α,β-unsaturated/α-hetero) is 1. The molecule has 0 aliphatic carbocycles. The average molecular weight is 464 g/mol. The summed E-state index contributed by atoms with van der Waals surface area (Å²) in [6.45, 7) is 9.98. The van der Waals surface area contributed by atoms with Crippen LogP contribution in [0.3, 0.4) is 0 Å². The third-order valence-corrected chi connectivity index (χ3v) is 4.33. The van der Waals surface area contributed by atoms with Gasteiger partial charge in [0, 0.05) is 30.6 Å². The van der Waals surface area contributed by atoms with Crippen molar-refractivity contribution in [2.75, 3.05) is 26.4 Å². The summed E-state index contributed by atoms with van der Waals surface area (Å²) in [5.41, 5.74) is 0.481. The van der Waals surface area contributed by atoms with Gasteiger partial charge in [0.05, 0.1) is 6.61 Å². The van der Waals surface area contributed by atoms with Crippen molar-refractivity contribution >= 4 is 25.5 Å². The van der Waals surface area contributed by atoms with Gasteiger partial charge in [-0.05, 0) is 39.5 Å². The second kappa shape index (κ2) is 15.9. The molecule has 0 bridgehead atoms. The lowest BCUT2D eigenvalue weighted by molar-refractivity contribution is -0.150. The molecule has 0 spiro atoms. The highest BCUT2D eigenvalue weighted by Gasteiger charge is 2.16. The van der Waals surface area contributed by atoms with Crippen LogP contribution in [0.5, 0.6) is 0 Å². The lowest BCUT2D eigenvalue weighted by atomic mass is 10.1. The Labute approximate surface area is 182 Å². The molecule has 0 rings (SSSR count). The van der Waals surface area contributed by atoms with E-state index in [0.29, 0.717) is 38.5 Å². The Morgan fingerprint density at radius 2 is 1.29 bits per heavy atom. The van der Waals surface area contributed by atoms with Crippen LogP contribution in [0.2, 0.25) is 0 Å². The summed E-state index contributed by atoms with van der Waals surface area (Å²) in [4.78, 5) is 52.0. The van der Waals surface area contributed by atoms with Crippen molar-refractivity contribution in [2.45, 2.75) is 58.5 Å². The second-order valence-electron chi connectivity index (χ2n) is 7.03. The molecule has 0 atom stereocenters. The van der Waals surface area contributed by atoms with Gasteiger partial charge in [0.25, 0.3) is 0 Å². The first-order valence-electron chi connectivity index (χ1n) is 9.91. The van der Waals surface area contributed by atoms with Gasteiger partial charge in [-0.1, -0.05) is 13.2 Å².